The van der Waals surface area contributed by atoms with E-state index < -0.39 is 0 Å². The van der Waals surface area contributed by atoms with Gasteiger partial charge in [0.2, 0.25) is 0 Å². The van der Waals surface area contributed by atoms with Crippen LogP contribution >= 0.6 is 0 Å². The van der Waals surface area contributed by atoms with Gasteiger partial charge in [-0.3, -0.25) is 4.99 Å². The molecular formula is C20H36N4O. The first-order valence-corrected chi connectivity index (χ1v) is 9.25. The zero-order valence-corrected chi connectivity index (χ0v) is 16.6. The van der Waals surface area contributed by atoms with Crippen LogP contribution in [0.15, 0.2) is 35.3 Å². The van der Waals surface area contributed by atoms with Gasteiger partial charge in [0.1, 0.15) is 0 Å². The fraction of sp³-hybridized carbons (Fsp3) is 0.650. The topological polar surface area (TPSA) is 48.9 Å². The molecule has 1 aromatic carbocycles. The summed E-state index contributed by atoms with van der Waals surface area (Å²) in [6.07, 6.45) is 1.06. The van der Waals surface area contributed by atoms with Crippen molar-refractivity contribution in [2.24, 2.45) is 10.9 Å². The van der Waals surface area contributed by atoms with E-state index in [9.17, 15) is 0 Å². The molecule has 0 aliphatic heterocycles. The molecule has 0 aromatic heterocycles. The molecule has 0 aliphatic carbocycles. The molecule has 5 heteroatoms. The quantitative estimate of drug-likeness (QED) is 0.367. The SMILES string of the molecule is CN=C(NCCN(C)CCCOC)NCC(c1ccccc1)C(C)C. The van der Waals surface area contributed by atoms with E-state index >= 15 is 0 Å². The van der Waals surface area contributed by atoms with Crippen LogP contribution in [-0.4, -0.2) is 64.9 Å². The number of benzene rings is 1. The summed E-state index contributed by atoms with van der Waals surface area (Å²) in [5, 5.41) is 6.88. The van der Waals surface area contributed by atoms with E-state index in [1.807, 2.05) is 7.05 Å². The monoisotopic (exact) mass is 348 g/mol. The van der Waals surface area contributed by atoms with Crippen molar-refractivity contribution in [3.63, 3.8) is 0 Å². The Hall–Kier alpha value is -1.59. The summed E-state index contributed by atoms with van der Waals surface area (Å²) in [6.45, 7) is 9.14. The van der Waals surface area contributed by atoms with E-state index in [4.69, 9.17) is 4.74 Å². The molecule has 0 bridgehead atoms. The van der Waals surface area contributed by atoms with Gasteiger partial charge in [-0.05, 0) is 24.9 Å². The fourth-order valence-electron chi connectivity index (χ4n) is 2.82. The lowest BCUT2D eigenvalue weighted by Gasteiger charge is -2.23. The van der Waals surface area contributed by atoms with Crippen LogP contribution in [0, 0.1) is 5.92 Å². The lowest BCUT2D eigenvalue weighted by atomic mass is 9.88. The van der Waals surface area contributed by atoms with Gasteiger partial charge in [-0.1, -0.05) is 44.2 Å². The van der Waals surface area contributed by atoms with Gasteiger partial charge >= 0.3 is 0 Å². The molecule has 0 aliphatic rings. The Balaban J connectivity index is 2.37. The summed E-state index contributed by atoms with van der Waals surface area (Å²) in [4.78, 5) is 6.65. The number of nitrogens with zero attached hydrogens (tertiary/aromatic N) is 2. The average Bonchev–Trinajstić information content (AvgIpc) is 2.61. The molecule has 0 radical (unpaired) electrons. The molecule has 0 amide bonds. The van der Waals surface area contributed by atoms with Crippen molar-refractivity contribution >= 4 is 5.96 Å². The number of ether oxygens (including phenoxy) is 1. The van der Waals surface area contributed by atoms with E-state index in [1.165, 1.54) is 5.56 Å². The van der Waals surface area contributed by atoms with Gasteiger partial charge in [0.25, 0.3) is 0 Å². The van der Waals surface area contributed by atoms with Gasteiger partial charge in [-0.2, -0.15) is 0 Å². The summed E-state index contributed by atoms with van der Waals surface area (Å²) >= 11 is 0. The summed E-state index contributed by atoms with van der Waals surface area (Å²) in [6, 6.07) is 10.7. The molecule has 2 N–H and O–H groups in total. The van der Waals surface area contributed by atoms with Crippen molar-refractivity contribution in [1.82, 2.24) is 15.5 Å². The Morgan fingerprint density at radius 2 is 1.88 bits per heavy atom. The first-order valence-electron chi connectivity index (χ1n) is 9.25. The molecule has 0 saturated carbocycles. The lowest BCUT2D eigenvalue weighted by Crippen LogP contribution is -2.43. The van der Waals surface area contributed by atoms with Crippen LogP contribution in [0.5, 0.6) is 0 Å². The molecule has 1 aromatic rings. The molecule has 142 valence electrons. The van der Waals surface area contributed by atoms with Crippen LogP contribution in [0.4, 0.5) is 0 Å². The highest BCUT2D eigenvalue weighted by Crippen LogP contribution is 2.23. The van der Waals surface area contributed by atoms with Crippen molar-refractivity contribution in [3.8, 4) is 0 Å². The zero-order valence-electron chi connectivity index (χ0n) is 16.6. The van der Waals surface area contributed by atoms with E-state index in [1.54, 1.807) is 7.11 Å². The van der Waals surface area contributed by atoms with Crippen molar-refractivity contribution < 1.29 is 4.74 Å². The molecular weight excluding hydrogens is 312 g/mol. The average molecular weight is 349 g/mol. The normalized spacial score (nSPS) is 13.3. The minimum Gasteiger partial charge on any atom is -0.385 e. The number of hydrogen-bond donors (Lipinski definition) is 2. The van der Waals surface area contributed by atoms with E-state index in [0.29, 0.717) is 11.8 Å². The fourth-order valence-corrected chi connectivity index (χ4v) is 2.82. The molecule has 0 fully saturated rings. The van der Waals surface area contributed by atoms with Crippen LogP contribution in [-0.2, 0) is 4.74 Å². The van der Waals surface area contributed by atoms with Crippen LogP contribution in [0.25, 0.3) is 0 Å². The largest absolute Gasteiger partial charge is 0.385 e. The predicted molar refractivity (Wildman–Crippen MR) is 107 cm³/mol. The van der Waals surface area contributed by atoms with Gasteiger partial charge in [0.05, 0.1) is 0 Å². The van der Waals surface area contributed by atoms with Crippen molar-refractivity contribution in [2.45, 2.75) is 26.2 Å². The maximum Gasteiger partial charge on any atom is 0.191 e. The predicted octanol–water partition coefficient (Wildman–Crippen LogP) is 2.56. The second kappa shape index (κ2) is 12.7. The van der Waals surface area contributed by atoms with Gasteiger partial charge in [-0.25, -0.2) is 0 Å². The highest BCUT2D eigenvalue weighted by Gasteiger charge is 2.15. The van der Waals surface area contributed by atoms with Gasteiger partial charge in [0, 0.05) is 52.9 Å². The third-order valence-corrected chi connectivity index (χ3v) is 4.42. The minimum absolute atomic E-state index is 0.469. The number of likely N-dealkylation sites (N-methyl/N-ethyl adjacent to an activating group) is 1. The second-order valence-corrected chi connectivity index (χ2v) is 6.79. The number of nitrogens with one attached hydrogen (secondary N) is 2. The van der Waals surface area contributed by atoms with Gasteiger partial charge < -0.3 is 20.3 Å². The van der Waals surface area contributed by atoms with E-state index in [2.05, 4.69) is 71.8 Å². The smallest absolute Gasteiger partial charge is 0.191 e. The number of hydrogen-bond acceptors (Lipinski definition) is 3. The zero-order chi connectivity index (χ0) is 18.5. The number of aliphatic imine (C=N–C) groups is 1. The summed E-state index contributed by atoms with van der Waals surface area (Å²) < 4.78 is 5.09. The van der Waals surface area contributed by atoms with Crippen LogP contribution in [0.1, 0.15) is 31.7 Å². The maximum atomic E-state index is 5.09. The Kier molecular flexibility index (Phi) is 10.9. The van der Waals surface area contributed by atoms with E-state index in [0.717, 1.165) is 45.2 Å². The highest BCUT2D eigenvalue weighted by atomic mass is 16.5. The summed E-state index contributed by atoms with van der Waals surface area (Å²) in [5.41, 5.74) is 1.37. The number of rotatable bonds is 11. The van der Waals surface area contributed by atoms with Crippen molar-refractivity contribution in [1.29, 1.82) is 0 Å². The lowest BCUT2D eigenvalue weighted by molar-refractivity contribution is 0.180. The molecule has 0 heterocycles. The molecule has 0 saturated heterocycles. The van der Waals surface area contributed by atoms with Crippen LogP contribution < -0.4 is 10.6 Å². The third kappa shape index (κ3) is 8.89. The van der Waals surface area contributed by atoms with Crippen LogP contribution in [0.2, 0.25) is 0 Å². The first kappa shape index (κ1) is 21.5. The molecule has 1 atom stereocenters. The summed E-state index contributed by atoms with van der Waals surface area (Å²) in [7, 11) is 5.71. The third-order valence-electron chi connectivity index (χ3n) is 4.42. The van der Waals surface area contributed by atoms with Gasteiger partial charge in [0.15, 0.2) is 5.96 Å². The molecule has 1 unspecified atom stereocenters. The Bertz CT molecular complexity index is 476. The number of methoxy groups -OCH3 is 1. The highest BCUT2D eigenvalue weighted by molar-refractivity contribution is 5.79. The number of guanidine groups is 1. The van der Waals surface area contributed by atoms with Crippen molar-refractivity contribution in [3.05, 3.63) is 35.9 Å². The van der Waals surface area contributed by atoms with Crippen LogP contribution in [0.3, 0.4) is 0 Å². The minimum atomic E-state index is 0.469. The molecule has 5 nitrogen and oxygen atoms in total. The first-order chi connectivity index (χ1) is 12.1. The van der Waals surface area contributed by atoms with E-state index in [-0.39, 0.29) is 0 Å². The second-order valence-electron chi connectivity index (χ2n) is 6.79. The Morgan fingerprint density at radius 1 is 1.16 bits per heavy atom. The molecule has 0 spiro atoms. The maximum absolute atomic E-state index is 5.09. The summed E-state index contributed by atoms with van der Waals surface area (Å²) in [5.74, 6) is 1.91. The Morgan fingerprint density at radius 3 is 2.48 bits per heavy atom. The molecule has 1 rings (SSSR count). The molecule has 25 heavy (non-hydrogen) atoms. The van der Waals surface area contributed by atoms with Crippen molar-refractivity contribution in [2.75, 3.05) is 54.0 Å². The Labute approximate surface area is 153 Å². The standard InChI is InChI=1S/C20H36N4O/c1-17(2)19(18-10-7-6-8-11-18)16-23-20(21-3)22-12-14-24(4)13-9-15-25-5/h6-8,10-11,17,19H,9,12-16H2,1-5H3,(H2,21,22,23). The van der Waals surface area contributed by atoms with Gasteiger partial charge in [-0.15, -0.1) is 0 Å².